The van der Waals surface area contributed by atoms with Gasteiger partial charge in [0.15, 0.2) is 0 Å². The van der Waals surface area contributed by atoms with Gasteiger partial charge in [0.2, 0.25) is 9.84 Å². The second-order valence-electron chi connectivity index (χ2n) is 6.34. The van der Waals surface area contributed by atoms with E-state index in [9.17, 15) is 8.42 Å². The molecule has 5 rings (SSSR count). The van der Waals surface area contributed by atoms with Gasteiger partial charge in [0.25, 0.3) is 0 Å². The molecule has 6 nitrogen and oxygen atoms in total. The van der Waals surface area contributed by atoms with Crippen molar-refractivity contribution in [2.45, 2.75) is 11.8 Å². The number of nitrogens with zero attached hydrogens (tertiary/aromatic N) is 2. The average Bonchev–Trinajstić information content (AvgIpc) is 3.23. The largest absolute Gasteiger partial charge is 0.492 e. The van der Waals surface area contributed by atoms with Gasteiger partial charge in [0.05, 0.1) is 38.2 Å². The van der Waals surface area contributed by atoms with Crippen molar-refractivity contribution in [2.75, 3.05) is 11.9 Å². The lowest BCUT2D eigenvalue weighted by Crippen LogP contribution is -1.97. The lowest BCUT2D eigenvalue weighted by molar-refractivity contribution is 0.298. The highest BCUT2D eigenvalue weighted by atomic mass is 32.2. The number of fused-ring (bicyclic) bond motifs is 3. The molecule has 4 aromatic rings. The first-order chi connectivity index (χ1) is 13.5. The summed E-state index contributed by atoms with van der Waals surface area (Å²) in [6, 6.07) is 11.2. The number of hydrogen-bond donors (Lipinski definition) is 1. The summed E-state index contributed by atoms with van der Waals surface area (Å²) in [6.45, 7) is 2.22. The molecule has 8 heteroatoms. The molecule has 1 aliphatic rings. The average molecular weight is 409 g/mol. The van der Waals surface area contributed by atoms with Gasteiger partial charge in [-0.25, -0.2) is 13.4 Å². The van der Waals surface area contributed by atoms with Crippen LogP contribution < -0.4 is 5.32 Å². The minimum absolute atomic E-state index is 0.245. The first kappa shape index (κ1) is 17.2. The fourth-order valence-corrected chi connectivity index (χ4v) is 5.35. The maximum Gasteiger partial charge on any atom is 0.204 e. The molecule has 0 bridgehead atoms. The fraction of sp³-hybridized carbons (Fsp3) is 0.100. The third kappa shape index (κ3) is 2.73. The molecule has 1 N–H and O–H groups in total. The molecular formula is C20H15N3O3S2. The third-order valence-electron chi connectivity index (χ3n) is 4.59. The topological polar surface area (TPSA) is 81.2 Å². The molecule has 0 saturated heterocycles. The van der Waals surface area contributed by atoms with E-state index in [0.29, 0.717) is 23.4 Å². The van der Waals surface area contributed by atoms with Crippen molar-refractivity contribution in [3.63, 3.8) is 0 Å². The van der Waals surface area contributed by atoms with E-state index >= 15 is 0 Å². The van der Waals surface area contributed by atoms with Gasteiger partial charge >= 0.3 is 0 Å². The Morgan fingerprint density at radius 3 is 2.86 bits per heavy atom. The summed E-state index contributed by atoms with van der Waals surface area (Å²) in [5.41, 5.74) is 5.64. The van der Waals surface area contributed by atoms with Crippen molar-refractivity contribution in [3.8, 4) is 0 Å². The molecule has 2 aromatic heterocycles. The molecule has 0 unspecified atom stereocenters. The number of nitrogens with one attached hydrogen (secondary N) is 1. The lowest BCUT2D eigenvalue weighted by Gasteiger charge is -2.12. The van der Waals surface area contributed by atoms with Crippen LogP contribution >= 0.6 is 11.3 Å². The highest BCUT2D eigenvalue weighted by Crippen LogP contribution is 2.38. The molecule has 3 heterocycles. The molecule has 0 aliphatic carbocycles. The van der Waals surface area contributed by atoms with Gasteiger partial charge in [-0.05, 0) is 43.3 Å². The summed E-state index contributed by atoms with van der Waals surface area (Å²) >= 11 is 1.59. The van der Waals surface area contributed by atoms with Crippen molar-refractivity contribution in [2.24, 2.45) is 0 Å². The van der Waals surface area contributed by atoms with Crippen LogP contribution in [0.3, 0.4) is 0 Å². The number of anilines is 2. The highest BCUT2D eigenvalue weighted by molar-refractivity contribution is 7.95. The normalized spacial score (nSPS) is 14.8. The maximum atomic E-state index is 12.6. The first-order valence-electron chi connectivity index (χ1n) is 8.68. The molecular weight excluding hydrogens is 394 g/mol. The van der Waals surface area contributed by atoms with Gasteiger partial charge in [-0.1, -0.05) is 0 Å². The van der Waals surface area contributed by atoms with Crippen molar-refractivity contribution in [1.82, 2.24) is 9.97 Å². The maximum absolute atomic E-state index is 12.6. The number of thiazole rings is 1. The summed E-state index contributed by atoms with van der Waals surface area (Å²) < 4.78 is 31.7. The van der Waals surface area contributed by atoms with Crippen LogP contribution in [0.15, 0.2) is 58.4 Å². The Balaban J connectivity index is 1.63. The number of rotatable bonds is 4. The number of aromatic nitrogens is 2. The van der Waals surface area contributed by atoms with Crippen molar-refractivity contribution >= 4 is 59.4 Å². The first-order valence-corrected chi connectivity index (χ1v) is 11.1. The van der Waals surface area contributed by atoms with Gasteiger partial charge in [-0.15, -0.1) is 11.3 Å². The van der Waals surface area contributed by atoms with Crippen LogP contribution in [-0.4, -0.2) is 25.0 Å². The zero-order valence-corrected chi connectivity index (χ0v) is 16.5. The van der Waals surface area contributed by atoms with Crippen LogP contribution in [0.2, 0.25) is 0 Å². The molecule has 0 radical (unpaired) electrons. The SMILES string of the molecule is CCOC1=CS(=O)(=O)c2cc3c(Nc4ccc5scnc5c4)ccnc3cc21. The van der Waals surface area contributed by atoms with E-state index < -0.39 is 9.84 Å². The van der Waals surface area contributed by atoms with E-state index in [0.717, 1.165) is 27.0 Å². The fourth-order valence-electron chi connectivity index (χ4n) is 3.34. The number of sulfone groups is 1. The number of ether oxygens (including phenoxy) is 1. The predicted molar refractivity (Wildman–Crippen MR) is 111 cm³/mol. The summed E-state index contributed by atoms with van der Waals surface area (Å²) in [5, 5.41) is 5.28. The van der Waals surface area contributed by atoms with E-state index in [-0.39, 0.29) is 4.90 Å². The standard InChI is InChI=1S/C20H15N3O3S2/c1-2-26-18-10-28(24,25)20-9-13-15(5-6-21-16(13)8-14(18)20)23-12-3-4-19-17(7-12)22-11-27-19/h3-11H,2H2,1H3,(H,21,23). The Bertz CT molecular complexity index is 1370. The molecule has 0 spiro atoms. The Morgan fingerprint density at radius 2 is 2.00 bits per heavy atom. The Labute approximate surface area is 165 Å². The van der Waals surface area contributed by atoms with Crippen LogP contribution in [0.4, 0.5) is 11.4 Å². The van der Waals surface area contributed by atoms with Gasteiger partial charge in [0.1, 0.15) is 5.76 Å². The van der Waals surface area contributed by atoms with Gasteiger partial charge in [0, 0.05) is 28.5 Å². The Kier molecular flexibility index (Phi) is 3.85. The van der Waals surface area contributed by atoms with Crippen molar-refractivity contribution < 1.29 is 13.2 Å². The zero-order chi connectivity index (χ0) is 19.3. The molecule has 0 atom stereocenters. The molecule has 0 amide bonds. The summed E-state index contributed by atoms with van der Waals surface area (Å²) in [7, 11) is -3.53. The quantitative estimate of drug-likeness (QED) is 0.526. The van der Waals surface area contributed by atoms with Crippen molar-refractivity contribution in [1.29, 1.82) is 0 Å². The van der Waals surface area contributed by atoms with E-state index in [1.54, 1.807) is 29.7 Å². The second kappa shape index (κ2) is 6.29. The smallest absolute Gasteiger partial charge is 0.204 e. The van der Waals surface area contributed by atoms with E-state index in [4.69, 9.17) is 4.74 Å². The molecule has 0 saturated carbocycles. The third-order valence-corrected chi connectivity index (χ3v) is 6.87. The molecule has 28 heavy (non-hydrogen) atoms. The van der Waals surface area contributed by atoms with Crippen LogP contribution in [-0.2, 0) is 14.6 Å². The monoisotopic (exact) mass is 409 g/mol. The van der Waals surface area contributed by atoms with Crippen LogP contribution in [0.25, 0.3) is 26.9 Å². The predicted octanol–water partition coefficient (Wildman–Crippen LogP) is 4.71. The van der Waals surface area contributed by atoms with Gasteiger partial charge in [-0.3, -0.25) is 4.98 Å². The summed E-state index contributed by atoms with van der Waals surface area (Å²) in [4.78, 5) is 9.00. The van der Waals surface area contributed by atoms with E-state index in [1.807, 2.05) is 36.7 Å². The molecule has 2 aromatic carbocycles. The van der Waals surface area contributed by atoms with Gasteiger partial charge < -0.3 is 10.1 Å². The lowest BCUT2D eigenvalue weighted by atomic mass is 10.1. The van der Waals surface area contributed by atoms with Crippen LogP contribution in [0.5, 0.6) is 0 Å². The molecule has 0 fully saturated rings. The number of hydrogen-bond acceptors (Lipinski definition) is 7. The minimum atomic E-state index is -3.53. The molecule has 140 valence electrons. The van der Waals surface area contributed by atoms with E-state index in [1.165, 1.54) is 5.41 Å². The second-order valence-corrected chi connectivity index (χ2v) is 9.00. The minimum Gasteiger partial charge on any atom is -0.492 e. The number of benzene rings is 2. The van der Waals surface area contributed by atoms with Crippen molar-refractivity contribution in [3.05, 3.63) is 59.1 Å². The van der Waals surface area contributed by atoms with Crippen LogP contribution in [0, 0.1) is 0 Å². The van der Waals surface area contributed by atoms with Gasteiger partial charge in [-0.2, -0.15) is 0 Å². The highest BCUT2D eigenvalue weighted by Gasteiger charge is 2.29. The van der Waals surface area contributed by atoms with E-state index in [2.05, 4.69) is 15.3 Å². The van der Waals surface area contributed by atoms with Crippen LogP contribution in [0.1, 0.15) is 12.5 Å². The zero-order valence-electron chi connectivity index (χ0n) is 14.8. The number of pyridine rings is 1. The Morgan fingerprint density at radius 1 is 1.11 bits per heavy atom. The Hall–Kier alpha value is -2.97. The summed E-state index contributed by atoms with van der Waals surface area (Å²) in [6.07, 6.45) is 1.70. The molecule has 1 aliphatic heterocycles. The summed E-state index contributed by atoms with van der Waals surface area (Å²) in [5.74, 6) is 0.369.